The van der Waals surface area contributed by atoms with Crippen LogP contribution in [0.25, 0.3) is 0 Å². The van der Waals surface area contributed by atoms with E-state index in [4.69, 9.17) is 11.0 Å². The van der Waals surface area contributed by atoms with Gasteiger partial charge in [-0.3, -0.25) is 9.69 Å². The number of nitriles is 1. The van der Waals surface area contributed by atoms with Crippen molar-refractivity contribution >= 4 is 5.91 Å². The Morgan fingerprint density at radius 1 is 1.77 bits per heavy atom. The monoisotopic (exact) mass is 183 g/mol. The topological polar surface area (TPSA) is 90.3 Å². The number of aliphatic hydroxyl groups is 1. The summed E-state index contributed by atoms with van der Waals surface area (Å²) in [6, 6.07) is 1.98. The summed E-state index contributed by atoms with van der Waals surface area (Å²) in [6.45, 7) is 1.15. The maximum Gasteiger partial charge on any atom is 0.250 e. The van der Waals surface area contributed by atoms with Crippen molar-refractivity contribution < 1.29 is 9.90 Å². The zero-order valence-electron chi connectivity index (χ0n) is 7.36. The lowest BCUT2D eigenvalue weighted by Gasteiger charge is -2.35. The number of nitrogens with zero attached hydrogens (tertiary/aromatic N) is 2. The van der Waals surface area contributed by atoms with Crippen LogP contribution in [0.4, 0.5) is 0 Å². The van der Waals surface area contributed by atoms with Gasteiger partial charge in [0, 0.05) is 6.54 Å². The van der Waals surface area contributed by atoms with Crippen LogP contribution in [-0.2, 0) is 4.79 Å². The molecule has 1 unspecified atom stereocenters. The van der Waals surface area contributed by atoms with Gasteiger partial charge in [-0.1, -0.05) is 0 Å². The number of hydrogen-bond donors (Lipinski definition) is 2. The molecule has 1 heterocycles. The second-order valence-corrected chi connectivity index (χ2v) is 3.37. The molecule has 3 N–H and O–H groups in total. The molecule has 0 aromatic carbocycles. The Labute approximate surface area is 76.7 Å². The molecular weight excluding hydrogens is 170 g/mol. The molecule has 72 valence electrons. The first-order valence-electron chi connectivity index (χ1n) is 4.20. The Bertz CT molecular complexity index is 248. The number of rotatable bonds is 2. The molecule has 0 aromatic heterocycles. The van der Waals surface area contributed by atoms with Gasteiger partial charge < -0.3 is 10.8 Å². The molecule has 1 amide bonds. The van der Waals surface area contributed by atoms with E-state index < -0.39 is 11.5 Å². The van der Waals surface area contributed by atoms with Crippen LogP contribution >= 0.6 is 0 Å². The van der Waals surface area contributed by atoms with Gasteiger partial charge >= 0.3 is 0 Å². The molecule has 5 nitrogen and oxygen atoms in total. The number of piperidine rings is 1. The lowest BCUT2D eigenvalue weighted by Crippen LogP contribution is -2.55. The van der Waals surface area contributed by atoms with Crippen LogP contribution in [0, 0.1) is 11.3 Å². The fourth-order valence-corrected chi connectivity index (χ4v) is 1.56. The van der Waals surface area contributed by atoms with Gasteiger partial charge in [0.15, 0.2) is 5.60 Å². The third-order valence-electron chi connectivity index (χ3n) is 2.30. The summed E-state index contributed by atoms with van der Waals surface area (Å²) in [5.74, 6) is -0.699. The van der Waals surface area contributed by atoms with Crippen molar-refractivity contribution in [1.29, 1.82) is 5.26 Å². The molecule has 5 heteroatoms. The van der Waals surface area contributed by atoms with Crippen LogP contribution in [0.15, 0.2) is 0 Å². The Balaban J connectivity index is 2.61. The average Bonchev–Trinajstić information content (AvgIpc) is 2.04. The molecule has 1 saturated heterocycles. The van der Waals surface area contributed by atoms with Crippen molar-refractivity contribution in [3.63, 3.8) is 0 Å². The minimum atomic E-state index is -1.44. The predicted octanol–water partition coefficient (Wildman–Crippen LogP) is -1.18. The number of amides is 1. The second kappa shape index (κ2) is 3.73. The van der Waals surface area contributed by atoms with E-state index in [1.54, 1.807) is 4.90 Å². The molecule has 0 aromatic rings. The third-order valence-corrected chi connectivity index (χ3v) is 2.30. The van der Waals surface area contributed by atoms with Gasteiger partial charge in [-0.15, -0.1) is 0 Å². The minimum Gasteiger partial charge on any atom is -0.379 e. The SMILES string of the molecule is N#CCN1CCCC(O)(C(N)=O)C1. The number of carbonyl (C=O) groups is 1. The van der Waals surface area contributed by atoms with Crippen molar-refractivity contribution in [1.82, 2.24) is 4.90 Å². The summed E-state index contributed by atoms with van der Waals surface area (Å²) in [5, 5.41) is 18.2. The first kappa shape index (κ1) is 9.96. The zero-order valence-corrected chi connectivity index (χ0v) is 7.36. The highest BCUT2D eigenvalue weighted by molar-refractivity contribution is 5.83. The second-order valence-electron chi connectivity index (χ2n) is 3.37. The van der Waals surface area contributed by atoms with Crippen LogP contribution < -0.4 is 5.73 Å². The van der Waals surface area contributed by atoms with E-state index in [9.17, 15) is 9.90 Å². The van der Waals surface area contributed by atoms with Crippen LogP contribution in [0.5, 0.6) is 0 Å². The molecule has 1 aliphatic heterocycles. The Morgan fingerprint density at radius 3 is 3.00 bits per heavy atom. The Morgan fingerprint density at radius 2 is 2.46 bits per heavy atom. The lowest BCUT2D eigenvalue weighted by molar-refractivity contribution is -0.141. The van der Waals surface area contributed by atoms with Gasteiger partial charge in [-0.25, -0.2) is 0 Å². The summed E-state index contributed by atoms with van der Waals surface area (Å²) in [7, 11) is 0. The van der Waals surface area contributed by atoms with Crippen molar-refractivity contribution in [3.05, 3.63) is 0 Å². The molecule has 0 saturated carbocycles. The van der Waals surface area contributed by atoms with E-state index in [1.165, 1.54) is 0 Å². The summed E-state index contributed by atoms with van der Waals surface area (Å²) < 4.78 is 0. The van der Waals surface area contributed by atoms with Gasteiger partial charge in [0.25, 0.3) is 5.91 Å². The maximum atomic E-state index is 10.9. The van der Waals surface area contributed by atoms with Crippen molar-refractivity contribution in [2.24, 2.45) is 5.73 Å². The average molecular weight is 183 g/mol. The minimum absolute atomic E-state index is 0.176. The van der Waals surface area contributed by atoms with E-state index in [-0.39, 0.29) is 13.1 Å². The standard InChI is InChI=1S/C8H13N3O2/c9-3-5-11-4-1-2-8(13,6-11)7(10)12/h13H,1-2,4-6H2,(H2,10,12). The van der Waals surface area contributed by atoms with Gasteiger partial charge in [0.1, 0.15) is 0 Å². The highest BCUT2D eigenvalue weighted by Crippen LogP contribution is 2.20. The molecule has 0 bridgehead atoms. The molecule has 0 aliphatic carbocycles. The third kappa shape index (κ3) is 2.17. The van der Waals surface area contributed by atoms with Gasteiger partial charge in [0.2, 0.25) is 0 Å². The van der Waals surface area contributed by atoms with Crippen LogP contribution in [-0.4, -0.2) is 41.1 Å². The molecular formula is C8H13N3O2. The normalized spacial score (nSPS) is 29.5. The van der Waals surface area contributed by atoms with Gasteiger partial charge in [0.05, 0.1) is 12.6 Å². The summed E-state index contributed by atoms with van der Waals surface area (Å²) >= 11 is 0. The molecule has 1 atom stereocenters. The Hall–Kier alpha value is -1.12. The molecule has 1 aliphatic rings. The van der Waals surface area contributed by atoms with Crippen LogP contribution in [0.3, 0.4) is 0 Å². The molecule has 0 spiro atoms. The smallest absolute Gasteiger partial charge is 0.250 e. The van der Waals surface area contributed by atoms with E-state index in [2.05, 4.69) is 0 Å². The number of nitrogens with two attached hydrogens (primary N) is 1. The van der Waals surface area contributed by atoms with Crippen LogP contribution in [0.1, 0.15) is 12.8 Å². The fourth-order valence-electron chi connectivity index (χ4n) is 1.56. The quantitative estimate of drug-likeness (QED) is 0.527. The number of primary amides is 1. The van der Waals surface area contributed by atoms with Gasteiger partial charge in [-0.2, -0.15) is 5.26 Å². The number of β-amino-alcohol motifs (C(OH)–C–C–N with tert-alkyl or cyclic N) is 1. The summed E-state index contributed by atoms with van der Waals surface area (Å²) in [6.07, 6.45) is 1.09. The highest BCUT2D eigenvalue weighted by Gasteiger charge is 2.38. The lowest BCUT2D eigenvalue weighted by atomic mass is 9.92. The summed E-state index contributed by atoms with van der Waals surface area (Å²) in [4.78, 5) is 12.6. The molecule has 13 heavy (non-hydrogen) atoms. The maximum absolute atomic E-state index is 10.9. The molecule has 1 fully saturated rings. The van der Waals surface area contributed by atoms with E-state index in [1.807, 2.05) is 6.07 Å². The van der Waals surface area contributed by atoms with Gasteiger partial charge in [-0.05, 0) is 19.4 Å². The summed E-state index contributed by atoms with van der Waals surface area (Å²) in [5.41, 5.74) is 3.63. The van der Waals surface area contributed by atoms with E-state index in [0.717, 1.165) is 6.54 Å². The van der Waals surface area contributed by atoms with Crippen molar-refractivity contribution in [3.8, 4) is 6.07 Å². The molecule has 1 rings (SSSR count). The zero-order chi connectivity index (χ0) is 9.90. The first-order valence-corrected chi connectivity index (χ1v) is 4.20. The number of carbonyl (C=O) groups excluding carboxylic acids is 1. The first-order chi connectivity index (χ1) is 6.08. The number of hydrogen-bond acceptors (Lipinski definition) is 4. The highest BCUT2D eigenvalue weighted by atomic mass is 16.3. The van der Waals surface area contributed by atoms with Crippen LogP contribution in [0.2, 0.25) is 0 Å². The fraction of sp³-hybridized carbons (Fsp3) is 0.750. The predicted molar refractivity (Wildman–Crippen MR) is 45.4 cm³/mol. The van der Waals surface area contributed by atoms with E-state index >= 15 is 0 Å². The number of likely N-dealkylation sites (tertiary alicyclic amines) is 1. The largest absolute Gasteiger partial charge is 0.379 e. The van der Waals surface area contributed by atoms with Crippen molar-refractivity contribution in [2.75, 3.05) is 19.6 Å². The molecule has 0 radical (unpaired) electrons. The Kier molecular flexibility index (Phi) is 2.86. The van der Waals surface area contributed by atoms with Crippen molar-refractivity contribution in [2.45, 2.75) is 18.4 Å². The van der Waals surface area contributed by atoms with E-state index in [0.29, 0.717) is 12.8 Å².